The molecule has 1 heterocycles. The summed E-state index contributed by atoms with van der Waals surface area (Å²) in [5, 5.41) is 8.90. The zero-order chi connectivity index (χ0) is 13.0. The van der Waals surface area contributed by atoms with Gasteiger partial charge in [-0.3, -0.25) is 9.69 Å². The van der Waals surface area contributed by atoms with Gasteiger partial charge in [0.15, 0.2) is 0 Å². The second kappa shape index (κ2) is 5.98. The largest absolute Gasteiger partial charge is 0.480 e. The predicted octanol–water partition coefficient (Wildman–Crippen LogP) is 1.31. The van der Waals surface area contributed by atoms with Gasteiger partial charge in [0.1, 0.15) is 6.04 Å². The molecule has 0 bridgehead atoms. The van der Waals surface area contributed by atoms with Crippen LogP contribution in [-0.4, -0.2) is 35.1 Å². The van der Waals surface area contributed by atoms with E-state index in [2.05, 4.69) is 17.0 Å². The highest BCUT2D eigenvalue weighted by molar-refractivity contribution is 5.73. The third kappa shape index (κ3) is 3.31. The van der Waals surface area contributed by atoms with Gasteiger partial charge < -0.3 is 10.8 Å². The van der Waals surface area contributed by atoms with E-state index in [9.17, 15) is 4.79 Å². The summed E-state index contributed by atoms with van der Waals surface area (Å²) in [6.07, 6.45) is 1.75. The van der Waals surface area contributed by atoms with E-state index < -0.39 is 12.0 Å². The van der Waals surface area contributed by atoms with Crippen LogP contribution in [0.2, 0.25) is 0 Å². The van der Waals surface area contributed by atoms with Gasteiger partial charge in [-0.2, -0.15) is 0 Å². The number of nitrogens with two attached hydrogens (primary N) is 1. The summed E-state index contributed by atoms with van der Waals surface area (Å²) in [6, 6.07) is 9.64. The first-order chi connectivity index (χ1) is 8.66. The van der Waals surface area contributed by atoms with E-state index in [-0.39, 0.29) is 5.92 Å². The third-order valence-corrected chi connectivity index (χ3v) is 3.67. The first-order valence-corrected chi connectivity index (χ1v) is 6.41. The number of likely N-dealkylation sites (tertiary alicyclic amines) is 1. The summed E-state index contributed by atoms with van der Waals surface area (Å²) >= 11 is 0. The number of nitrogens with zero attached hydrogens (tertiary/aromatic N) is 1. The Labute approximate surface area is 107 Å². The quantitative estimate of drug-likeness (QED) is 0.843. The molecule has 0 amide bonds. The van der Waals surface area contributed by atoms with Crippen molar-refractivity contribution >= 4 is 5.97 Å². The van der Waals surface area contributed by atoms with E-state index in [4.69, 9.17) is 10.8 Å². The lowest BCUT2D eigenvalue weighted by Crippen LogP contribution is -2.44. The number of carboxylic acids is 1. The smallest absolute Gasteiger partial charge is 0.320 e. The molecule has 3 N–H and O–H groups in total. The molecule has 1 aliphatic rings. The van der Waals surface area contributed by atoms with Gasteiger partial charge in [-0.15, -0.1) is 0 Å². The number of carbonyl (C=O) groups is 1. The molecule has 1 atom stereocenters. The van der Waals surface area contributed by atoms with Crippen LogP contribution < -0.4 is 5.73 Å². The number of benzene rings is 1. The Hall–Kier alpha value is -1.39. The van der Waals surface area contributed by atoms with Crippen LogP contribution in [0.1, 0.15) is 18.4 Å². The van der Waals surface area contributed by atoms with Crippen molar-refractivity contribution in [2.45, 2.75) is 25.4 Å². The van der Waals surface area contributed by atoms with Gasteiger partial charge in [0, 0.05) is 6.54 Å². The Balaban J connectivity index is 1.82. The molecule has 2 rings (SSSR count). The van der Waals surface area contributed by atoms with Crippen molar-refractivity contribution < 1.29 is 9.90 Å². The van der Waals surface area contributed by atoms with Crippen LogP contribution in [0.3, 0.4) is 0 Å². The van der Waals surface area contributed by atoms with Crippen molar-refractivity contribution in [3.63, 3.8) is 0 Å². The van der Waals surface area contributed by atoms with Crippen LogP contribution in [-0.2, 0) is 11.3 Å². The minimum Gasteiger partial charge on any atom is -0.480 e. The van der Waals surface area contributed by atoms with Crippen LogP contribution in [0, 0.1) is 5.92 Å². The fraction of sp³-hybridized carbons (Fsp3) is 0.500. The monoisotopic (exact) mass is 248 g/mol. The van der Waals surface area contributed by atoms with E-state index in [0.717, 1.165) is 32.5 Å². The molecule has 1 saturated heterocycles. The molecule has 1 aliphatic heterocycles. The topological polar surface area (TPSA) is 66.6 Å². The van der Waals surface area contributed by atoms with E-state index in [1.165, 1.54) is 5.56 Å². The second-order valence-electron chi connectivity index (χ2n) is 4.96. The molecule has 0 spiro atoms. The van der Waals surface area contributed by atoms with E-state index >= 15 is 0 Å². The Bertz CT molecular complexity index is 386. The van der Waals surface area contributed by atoms with E-state index in [1.807, 2.05) is 18.2 Å². The third-order valence-electron chi connectivity index (χ3n) is 3.67. The van der Waals surface area contributed by atoms with Crippen molar-refractivity contribution in [1.29, 1.82) is 0 Å². The number of piperidine rings is 1. The number of rotatable bonds is 4. The molecule has 0 radical (unpaired) electrons. The van der Waals surface area contributed by atoms with Crippen LogP contribution in [0.25, 0.3) is 0 Å². The lowest BCUT2D eigenvalue weighted by molar-refractivity contribution is -0.140. The minimum absolute atomic E-state index is 0.120. The number of carboxylic acid groups (broad SMARTS) is 1. The molecule has 1 fully saturated rings. The molecule has 4 heteroatoms. The molecule has 98 valence electrons. The lowest BCUT2D eigenvalue weighted by atomic mass is 9.90. The van der Waals surface area contributed by atoms with Gasteiger partial charge in [-0.1, -0.05) is 30.3 Å². The second-order valence-corrected chi connectivity index (χ2v) is 4.96. The van der Waals surface area contributed by atoms with Crippen molar-refractivity contribution in [1.82, 2.24) is 4.90 Å². The fourth-order valence-corrected chi connectivity index (χ4v) is 2.51. The minimum atomic E-state index is -0.878. The molecule has 4 nitrogen and oxygen atoms in total. The fourth-order valence-electron chi connectivity index (χ4n) is 2.51. The maximum Gasteiger partial charge on any atom is 0.320 e. The molecule has 1 aromatic rings. The van der Waals surface area contributed by atoms with Crippen molar-refractivity contribution in [2.24, 2.45) is 11.7 Å². The maximum atomic E-state index is 10.8. The highest BCUT2D eigenvalue weighted by Gasteiger charge is 2.28. The molecular formula is C14H20N2O2. The zero-order valence-corrected chi connectivity index (χ0v) is 10.5. The van der Waals surface area contributed by atoms with Crippen molar-refractivity contribution in [2.75, 3.05) is 13.1 Å². The summed E-state index contributed by atoms with van der Waals surface area (Å²) in [6.45, 7) is 2.80. The molecule has 1 unspecified atom stereocenters. The van der Waals surface area contributed by atoms with Crippen LogP contribution in [0.15, 0.2) is 30.3 Å². The van der Waals surface area contributed by atoms with Gasteiger partial charge >= 0.3 is 5.97 Å². The average Bonchev–Trinajstić information content (AvgIpc) is 2.40. The van der Waals surface area contributed by atoms with Gasteiger partial charge in [-0.05, 0) is 37.4 Å². The van der Waals surface area contributed by atoms with Gasteiger partial charge in [0.25, 0.3) is 0 Å². The van der Waals surface area contributed by atoms with Gasteiger partial charge in [0.05, 0.1) is 0 Å². The summed E-state index contributed by atoms with van der Waals surface area (Å²) in [5.74, 6) is -0.758. The Morgan fingerprint density at radius 2 is 1.94 bits per heavy atom. The van der Waals surface area contributed by atoms with Crippen LogP contribution in [0.4, 0.5) is 0 Å². The first-order valence-electron chi connectivity index (χ1n) is 6.41. The van der Waals surface area contributed by atoms with Crippen LogP contribution >= 0.6 is 0 Å². The van der Waals surface area contributed by atoms with E-state index in [1.54, 1.807) is 0 Å². The highest BCUT2D eigenvalue weighted by Crippen LogP contribution is 2.21. The first kappa shape index (κ1) is 13.1. The molecule has 0 aliphatic carbocycles. The predicted molar refractivity (Wildman–Crippen MR) is 70.1 cm³/mol. The number of hydrogen-bond acceptors (Lipinski definition) is 3. The highest BCUT2D eigenvalue weighted by atomic mass is 16.4. The molecular weight excluding hydrogens is 228 g/mol. The Morgan fingerprint density at radius 1 is 1.33 bits per heavy atom. The zero-order valence-electron chi connectivity index (χ0n) is 10.5. The average molecular weight is 248 g/mol. The van der Waals surface area contributed by atoms with Crippen LogP contribution in [0.5, 0.6) is 0 Å². The Kier molecular flexibility index (Phi) is 4.33. The molecule has 18 heavy (non-hydrogen) atoms. The summed E-state index contributed by atoms with van der Waals surface area (Å²) < 4.78 is 0. The normalized spacial score (nSPS) is 19.6. The van der Waals surface area contributed by atoms with Crippen molar-refractivity contribution in [3.8, 4) is 0 Å². The summed E-state index contributed by atoms with van der Waals surface area (Å²) in [5.41, 5.74) is 6.98. The summed E-state index contributed by atoms with van der Waals surface area (Å²) in [4.78, 5) is 13.2. The maximum absolute atomic E-state index is 10.8. The Morgan fingerprint density at radius 3 is 2.50 bits per heavy atom. The molecule has 1 aromatic carbocycles. The standard InChI is InChI=1S/C14H20N2O2/c15-13(14(17)18)12-6-8-16(9-7-12)10-11-4-2-1-3-5-11/h1-5,12-13H,6-10,15H2,(H,17,18). The molecule has 0 aromatic heterocycles. The van der Waals surface area contributed by atoms with Crippen molar-refractivity contribution in [3.05, 3.63) is 35.9 Å². The lowest BCUT2D eigenvalue weighted by Gasteiger charge is -2.33. The van der Waals surface area contributed by atoms with E-state index in [0.29, 0.717) is 0 Å². The molecule has 0 saturated carbocycles. The number of hydrogen-bond donors (Lipinski definition) is 2. The summed E-state index contributed by atoms with van der Waals surface area (Å²) in [7, 11) is 0. The van der Waals surface area contributed by atoms with Gasteiger partial charge in [-0.25, -0.2) is 0 Å². The SMILES string of the molecule is NC(C(=O)O)C1CCN(Cc2ccccc2)CC1. The van der Waals surface area contributed by atoms with Gasteiger partial charge in [0.2, 0.25) is 0 Å². The number of aliphatic carboxylic acids is 1.